The summed E-state index contributed by atoms with van der Waals surface area (Å²) in [6.07, 6.45) is 0. The lowest BCUT2D eigenvalue weighted by molar-refractivity contribution is -0.142. The number of aryl methyl sites for hydroxylation is 1. The number of rotatable bonds is 5. The van der Waals surface area contributed by atoms with Gasteiger partial charge in [0.05, 0.1) is 0 Å². The molecule has 0 aliphatic rings. The SMILES string of the molecule is Cc1nc(SCC(N)(C(=O)O)c2ccccc2)n[nH]1. The summed E-state index contributed by atoms with van der Waals surface area (Å²) >= 11 is 1.21. The Morgan fingerprint density at radius 3 is 2.68 bits per heavy atom. The quantitative estimate of drug-likeness (QED) is 0.708. The maximum absolute atomic E-state index is 11.5. The Balaban J connectivity index is 2.19. The van der Waals surface area contributed by atoms with Crippen molar-refractivity contribution in [3.8, 4) is 0 Å². The Kier molecular flexibility index (Phi) is 3.87. The standard InChI is InChI=1S/C12H14N4O2S/c1-8-14-11(16-15-8)19-7-12(13,10(17)18)9-5-3-2-4-6-9/h2-6H,7,13H2,1H3,(H,17,18)(H,14,15,16). The van der Waals surface area contributed by atoms with E-state index in [1.165, 1.54) is 11.8 Å². The van der Waals surface area contributed by atoms with Gasteiger partial charge in [-0.25, -0.2) is 9.78 Å². The third kappa shape index (κ3) is 2.94. The van der Waals surface area contributed by atoms with Crippen LogP contribution < -0.4 is 5.73 Å². The minimum atomic E-state index is -1.46. The zero-order valence-electron chi connectivity index (χ0n) is 10.3. The number of hydrogen-bond acceptors (Lipinski definition) is 5. The van der Waals surface area contributed by atoms with Gasteiger partial charge < -0.3 is 10.8 Å². The molecule has 1 aromatic heterocycles. The maximum Gasteiger partial charge on any atom is 0.329 e. The number of thioether (sulfide) groups is 1. The highest BCUT2D eigenvalue weighted by Gasteiger charge is 2.36. The molecule has 1 unspecified atom stereocenters. The molecule has 0 saturated carbocycles. The first-order valence-electron chi connectivity index (χ1n) is 5.62. The molecule has 6 nitrogen and oxygen atoms in total. The zero-order valence-corrected chi connectivity index (χ0v) is 11.1. The molecule has 100 valence electrons. The number of H-pyrrole nitrogens is 1. The molecule has 2 rings (SSSR count). The van der Waals surface area contributed by atoms with Crippen LogP contribution in [-0.2, 0) is 10.3 Å². The fourth-order valence-corrected chi connectivity index (χ4v) is 2.53. The molecule has 0 aliphatic carbocycles. The van der Waals surface area contributed by atoms with Crippen LogP contribution in [0.4, 0.5) is 0 Å². The summed E-state index contributed by atoms with van der Waals surface area (Å²) in [4.78, 5) is 15.6. The smallest absolute Gasteiger partial charge is 0.329 e. The van der Waals surface area contributed by atoms with Gasteiger partial charge in [0.15, 0.2) is 0 Å². The largest absolute Gasteiger partial charge is 0.480 e. The Morgan fingerprint density at radius 2 is 2.16 bits per heavy atom. The van der Waals surface area contributed by atoms with Crippen LogP contribution in [-0.4, -0.2) is 32.0 Å². The first kappa shape index (κ1) is 13.6. The summed E-state index contributed by atoms with van der Waals surface area (Å²) in [7, 11) is 0. The number of hydrogen-bond donors (Lipinski definition) is 3. The molecule has 0 bridgehead atoms. The van der Waals surface area contributed by atoms with E-state index in [2.05, 4.69) is 15.2 Å². The number of carbonyl (C=O) groups is 1. The molecule has 1 aromatic carbocycles. The third-order valence-corrected chi connectivity index (χ3v) is 3.72. The van der Waals surface area contributed by atoms with E-state index in [-0.39, 0.29) is 5.75 Å². The molecule has 2 aromatic rings. The first-order valence-corrected chi connectivity index (χ1v) is 6.60. The van der Waals surface area contributed by atoms with E-state index in [4.69, 9.17) is 5.73 Å². The molecule has 0 radical (unpaired) electrons. The van der Waals surface area contributed by atoms with Crippen molar-refractivity contribution in [2.45, 2.75) is 17.6 Å². The van der Waals surface area contributed by atoms with E-state index >= 15 is 0 Å². The number of nitrogens with one attached hydrogen (secondary N) is 1. The van der Waals surface area contributed by atoms with Crippen molar-refractivity contribution in [1.29, 1.82) is 0 Å². The normalized spacial score (nSPS) is 14.0. The number of aromatic nitrogens is 3. The van der Waals surface area contributed by atoms with E-state index < -0.39 is 11.5 Å². The highest BCUT2D eigenvalue weighted by atomic mass is 32.2. The van der Waals surface area contributed by atoms with Gasteiger partial charge in [0.2, 0.25) is 5.16 Å². The van der Waals surface area contributed by atoms with Crippen molar-refractivity contribution >= 4 is 17.7 Å². The molecular formula is C12H14N4O2S. The van der Waals surface area contributed by atoms with Gasteiger partial charge in [-0.05, 0) is 12.5 Å². The van der Waals surface area contributed by atoms with E-state index in [0.717, 1.165) is 0 Å². The summed E-state index contributed by atoms with van der Waals surface area (Å²) < 4.78 is 0. The molecule has 7 heteroatoms. The summed E-state index contributed by atoms with van der Waals surface area (Å²) in [5.41, 5.74) is 5.13. The van der Waals surface area contributed by atoms with Crippen LogP contribution in [0.1, 0.15) is 11.4 Å². The molecular weight excluding hydrogens is 264 g/mol. The lowest BCUT2D eigenvalue weighted by atomic mass is 9.93. The second-order valence-corrected chi connectivity index (χ2v) is 5.08. The van der Waals surface area contributed by atoms with Gasteiger partial charge in [0.1, 0.15) is 11.4 Å². The van der Waals surface area contributed by atoms with Crippen molar-refractivity contribution < 1.29 is 9.90 Å². The molecule has 0 amide bonds. The van der Waals surface area contributed by atoms with Gasteiger partial charge in [0.25, 0.3) is 0 Å². The van der Waals surface area contributed by atoms with E-state index in [0.29, 0.717) is 16.5 Å². The van der Waals surface area contributed by atoms with Crippen LogP contribution in [0.3, 0.4) is 0 Å². The van der Waals surface area contributed by atoms with Crippen molar-refractivity contribution in [2.24, 2.45) is 5.73 Å². The summed E-state index contributed by atoms with van der Waals surface area (Å²) in [5.74, 6) is -0.234. The average molecular weight is 278 g/mol. The Bertz CT molecular complexity index is 572. The number of nitrogens with zero attached hydrogens (tertiary/aromatic N) is 2. The topological polar surface area (TPSA) is 105 Å². The van der Waals surface area contributed by atoms with Gasteiger partial charge in [-0.15, -0.1) is 5.10 Å². The lowest BCUT2D eigenvalue weighted by Gasteiger charge is -2.24. The molecule has 4 N–H and O–H groups in total. The van der Waals surface area contributed by atoms with Crippen LogP contribution in [0.5, 0.6) is 0 Å². The van der Waals surface area contributed by atoms with Gasteiger partial charge in [-0.1, -0.05) is 42.1 Å². The number of carboxylic acids is 1. The minimum absolute atomic E-state index is 0.156. The maximum atomic E-state index is 11.5. The summed E-state index contributed by atoms with van der Waals surface area (Å²) in [5, 5.41) is 16.5. The van der Waals surface area contributed by atoms with Crippen LogP contribution in [0.15, 0.2) is 35.5 Å². The van der Waals surface area contributed by atoms with Crippen LogP contribution >= 0.6 is 11.8 Å². The molecule has 1 atom stereocenters. The molecule has 0 aliphatic heterocycles. The van der Waals surface area contributed by atoms with Gasteiger partial charge in [-0.3, -0.25) is 5.10 Å². The first-order chi connectivity index (χ1) is 9.02. The van der Waals surface area contributed by atoms with Crippen molar-refractivity contribution in [1.82, 2.24) is 15.2 Å². The molecule has 0 spiro atoms. The molecule has 1 heterocycles. The highest BCUT2D eigenvalue weighted by Crippen LogP contribution is 2.26. The van der Waals surface area contributed by atoms with Crippen molar-refractivity contribution in [3.05, 3.63) is 41.7 Å². The fraction of sp³-hybridized carbons (Fsp3) is 0.250. The molecule has 0 saturated heterocycles. The summed E-state index contributed by atoms with van der Waals surface area (Å²) in [6.45, 7) is 1.78. The number of nitrogens with two attached hydrogens (primary N) is 1. The van der Waals surface area contributed by atoms with Crippen molar-refractivity contribution in [3.63, 3.8) is 0 Å². The van der Waals surface area contributed by atoms with Gasteiger partial charge in [-0.2, -0.15) is 0 Å². The second kappa shape index (κ2) is 5.41. The number of benzene rings is 1. The predicted molar refractivity (Wildman–Crippen MR) is 71.8 cm³/mol. The molecule has 19 heavy (non-hydrogen) atoms. The Labute approximate surface area is 114 Å². The summed E-state index contributed by atoms with van der Waals surface area (Å²) in [6, 6.07) is 8.76. The van der Waals surface area contributed by atoms with Crippen LogP contribution in [0, 0.1) is 6.92 Å². The van der Waals surface area contributed by atoms with Gasteiger partial charge >= 0.3 is 5.97 Å². The van der Waals surface area contributed by atoms with Crippen molar-refractivity contribution in [2.75, 3.05) is 5.75 Å². The minimum Gasteiger partial charge on any atom is -0.480 e. The average Bonchev–Trinajstić information content (AvgIpc) is 2.82. The zero-order chi connectivity index (χ0) is 13.9. The Morgan fingerprint density at radius 1 is 1.47 bits per heavy atom. The van der Waals surface area contributed by atoms with E-state index in [1.54, 1.807) is 31.2 Å². The highest BCUT2D eigenvalue weighted by molar-refractivity contribution is 7.99. The number of aliphatic carboxylic acids is 1. The lowest BCUT2D eigenvalue weighted by Crippen LogP contribution is -2.47. The number of aromatic amines is 1. The van der Waals surface area contributed by atoms with E-state index in [9.17, 15) is 9.90 Å². The predicted octanol–water partition coefficient (Wildman–Crippen LogP) is 1.14. The third-order valence-electron chi connectivity index (χ3n) is 2.68. The Hall–Kier alpha value is -1.86. The monoisotopic (exact) mass is 278 g/mol. The number of carboxylic acid groups (broad SMARTS) is 1. The van der Waals surface area contributed by atoms with Gasteiger partial charge in [0, 0.05) is 5.75 Å². The fourth-order valence-electron chi connectivity index (χ4n) is 1.57. The van der Waals surface area contributed by atoms with Crippen LogP contribution in [0.2, 0.25) is 0 Å². The second-order valence-electron chi connectivity index (χ2n) is 4.13. The molecule has 0 fully saturated rings. The van der Waals surface area contributed by atoms with Crippen LogP contribution in [0.25, 0.3) is 0 Å². The van der Waals surface area contributed by atoms with E-state index in [1.807, 2.05) is 6.07 Å².